The summed E-state index contributed by atoms with van der Waals surface area (Å²) in [6.45, 7) is 1.82. The summed E-state index contributed by atoms with van der Waals surface area (Å²) in [6.07, 6.45) is 0. The molecule has 0 saturated carbocycles. The molecule has 0 radical (unpaired) electrons. The van der Waals surface area contributed by atoms with Crippen molar-refractivity contribution in [1.82, 2.24) is 5.32 Å². The average molecular weight is 392 g/mol. The Hall–Kier alpha value is -2.34. The summed E-state index contributed by atoms with van der Waals surface area (Å²) in [5.41, 5.74) is 2.14. The van der Waals surface area contributed by atoms with Crippen LogP contribution in [0.15, 0.2) is 53.0 Å². The van der Waals surface area contributed by atoms with Crippen molar-refractivity contribution in [3.8, 4) is 5.75 Å². The third-order valence-corrected chi connectivity index (χ3v) is 3.62. The van der Waals surface area contributed by atoms with Crippen molar-refractivity contribution in [2.24, 2.45) is 0 Å². The minimum Gasteiger partial charge on any atom is -0.482 e. The van der Waals surface area contributed by atoms with Gasteiger partial charge in [-0.1, -0.05) is 51.8 Å². The molecule has 0 unspecified atom stereocenters. The molecule has 1 N–H and O–H groups in total. The van der Waals surface area contributed by atoms with Gasteiger partial charge in [0.25, 0.3) is 5.91 Å². The highest BCUT2D eigenvalue weighted by molar-refractivity contribution is 9.10. The predicted octanol–water partition coefficient (Wildman–Crippen LogP) is 3.00. The molecule has 0 aliphatic rings. The second kappa shape index (κ2) is 9.08. The number of carbonyl (C=O) groups is 2. The number of hydrogen-bond acceptors (Lipinski definition) is 4. The van der Waals surface area contributed by atoms with Crippen LogP contribution in [0.2, 0.25) is 0 Å². The zero-order valence-electron chi connectivity index (χ0n) is 13.3. The highest BCUT2D eigenvalue weighted by Gasteiger charge is 2.08. The molecule has 0 spiro atoms. The van der Waals surface area contributed by atoms with Gasteiger partial charge in [-0.3, -0.25) is 4.79 Å². The van der Waals surface area contributed by atoms with Crippen LogP contribution in [-0.2, 0) is 20.9 Å². The first-order valence-electron chi connectivity index (χ1n) is 7.39. The lowest BCUT2D eigenvalue weighted by Gasteiger charge is -2.08. The molecule has 1 amide bonds. The van der Waals surface area contributed by atoms with Crippen LogP contribution >= 0.6 is 15.9 Å². The van der Waals surface area contributed by atoms with Gasteiger partial charge in [0, 0.05) is 11.0 Å². The Morgan fingerprint density at radius 2 is 1.83 bits per heavy atom. The number of amides is 1. The number of halogens is 1. The zero-order valence-corrected chi connectivity index (χ0v) is 14.8. The highest BCUT2D eigenvalue weighted by atomic mass is 79.9. The molecule has 0 aliphatic carbocycles. The van der Waals surface area contributed by atoms with E-state index < -0.39 is 5.97 Å². The summed E-state index contributed by atoms with van der Waals surface area (Å²) in [7, 11) is 0. The summed E-state index contributed by atoms with van der Waals surface area (Å²) in [5.74, 6) is -0.406. The van der Waals surface area contributed by atoms with E-state index in [1.165, 1.54) is 0 Å². The van der Waals surface area contributed by atoms with E-state index in [4.69, 9.17) is 9.47 Å². The van der Waals surface area contributed by atoms with Crippen molar-refractivity contribution >= 4 is 27.8 Å². The van der Waals surface area contributed by atoms with Gasteiger partial charge in [0.2, 0.25) is 0 Å². The smallest absolute Gasteiger partial charge is 0.344 e. The zero-order chi connectivity index (χ0) is 17.4. The lowest BCUT2D eigenvalue weighted by Crippen LogP contribution is -2.29. The van der Waals surface area contributed by atoms with Crippen molar-refractivity contribution in [3.63, 3.8) is 0 Å². The number of rotatable bonds is 7. The quantitative estimate of drug-likeness (QED) is 0.736. The second-order valence-corrected chi connectivity index (χ2v) is 6.08. The van der Waals surface area contributed by atoms with E-state index in [1.54, 1.807) is 18.2 Å². The van der Waals surface area contributed by atoms with Crippen LogP contribution < -0.4 is 10.1 Å². The molecule has 126 valence electrons. The van der Waals surface area contributed by atoms with E-state index in [-0.39, 0.29) is 19.1 Å². The molecule has 0 fully saturated rings. The fourth-order valence-corrected chi connectivity index (χ4v) is 2.22. The largest absolute Gasteiger partial charge is 0.482 e. The topological polar surface area (TPSA) is 64.6 Å². The summed E-state index contributed by atoms with van der Waals surface area (Å²) in [6, 6.07) is 14.9. The maximum Gasteiger partial charge on any atom is 0.344 e. The maximum absolute atomic E-state index is 11.7. The molecule has 24 heavy (non-hydrogen) atoms. The molecule has 0 bridgehead atoms. The Balaban J connectivity index is 1.65. The second-order valence-electron chi connectivity index (χ2n) is 5.17. The Bertz CT molecular complexity index is 700. The first-order chi connectivity index (χ1) is 11.5. The van der Waals surface area contributed by atoms with Gasteiger partial charge in [-0.15, -0.1) is 0 Å². The first kappa shape index (κ1) is 18.0. The standard InChI is InChI=1S/C18H18BrNO4/c1-13-5-7-14(8-6-13)10-20-17(21)11-24-18(22)12-23-16-4-2-3-15(19)9-16/h2-9H,10-12H2,1H3,(H,20,21). The van der Waals surface area contributed by atoms with E-state index in [0.29, 0.717) is 12.3 Å². The van der Waals surface area contributed by atoms with Gasteiger partial charge in [0.05, 0.1) is 0 Å². The molecule has 0 aliphatic heterocycles. The minimum atomic E-state index is -0.597. The summed E-state index contributed by atoms with van der Waals surface area (Å²) in [5, 5.41) is 2.69. The van der Waals surface area contributed by atoms with E-state index in [1.807, 2.05) is 37.3 Å². The van der Waals surface area contributed by atoms with Gasteiger partial charge in [0.15, 0.2) is 13.2 Å². The number of ether oxygens (including phenoxy) is 2. The molecule has 6 heteroatoms. The number of esters is 1. The van der Waals surface area contributed by atoms with Crippen molar-refractivity contribution in [3.05, 3.63) is 64.1 Å². The molecule has 2 rings (SSSR count). The molecule has 2 aromatic carbocycles. The third kappa shape index (κ3) is 6.42. The molecular weight excluding hydrogens is 374 g/mol. The van der Waals surface area contributed by atoms with Crippen LogP contribution in [0, 0.1) is 6.92 Å². The lowest BCUT2D eigenvalue weighted by atomic mass is 10.1. The number of aryl methyl sites for hydroxylation is 1. The minimum absolute atomic E-state index is 0.248. The molecule has 0 heterocycles. The molecule has 5 nitrogen and oxygen atoms in total. The average Bonchev–Trinajstić information content (AvgIpc) is 2.57. The first-order valence-corrected chi connectivity index (χ1v) is 8.18. The SMILES string of the molecule is Cc1ccc(CNC(=O)COC(=O)COc2cccc(Br)c2)cc1. The van der Waals surface area contributed by atoms with Gasteiger partial charge in [-0.25, -0.2) is 4.79 Å². The molecular formula is C18H18BrNO4. The Morgan fingerprint density at radius 1 is 1.08 bits per heavy atom. The van der Waals surface area contributed by atoms with E-state index in [2.05, 4.69) is 21.2 Å². The van der Waals surface area contributed by atoms with Crippen molar-refractivity contribution in [2.45, 2.75) is 13.5 Å². The molecule has 0 atom stereocenters. The van der Waals surface area contributed by atoms with E-state index >= 15 is 0 Å². The van der Waals surface area contributed by atoms with Crippen LogP contribution in [0.25, 0.3) is 0 Å². The highest BCUT2D eigenvalue weighted by Crippen LogP contribution is 2.17. The van der Waals surface area contributed by atoms with E-state index in [0.717, 1.165) is 15.6 Å². The summed E-state index contributed by atoms with van der Waals surface area (Å²) < 4.78 is 11.0. The number of nitrogens with one attached hydrogen (secondary N) is 1. The van der Waals surface area contributed by atoms with Gasteiger partial charge < -0.3 is 14.8 Å². The normalized spacial score (nSPS) is 10.1. The van der Waals surface area contributed by atoms with Crippen LogP contribution in [0.4, 0.5) is 0 Å². The third-order valence-electron chi connectivity index (χ3n) is 3.13. The predicted molar refractivity (Wildman–Crippen MR) is 93.6 cm³/mol. The van der Waals surface area contributed by atoms with Crippen LogP contribution in [0.5, 0.6) is 5.75 Å². The van der Waals surface area contributed by atoms with Gasteiger partial charge in [0.1, 0.15) is 5.75 Å². The van der Waals surface area contributed by atoms with Crippen molar-refractivity contribution < 1.29 is 19.1 Å². The fraction of sp³-hybridized carbons (Fsp3) is 0.222. The Kier molecular flexibility index (Phi) is 6.81. The monoisotopic (exact) mass is 391 g/mol. The summed E-state index contributed by atoms with van der Waals surface area (Å²) in [4.78, 5) is 23.2. The van der Waals surface area contributed by atoms with Gasteiger partial charge >= 0.3 is 5.97 Å². The maximum atomic E-state index is 11.7. The van der Waals surface area contributed by atoms with Crippen molar-refractivity contribution in [1.29, 1.82) is 0 Å². The number of hydrogen-bond donors (Lipinski definition) is 1. The van der Waals surface area contributed by atoms with Crippen LogP contribution in [0.3, 0.4) is 0 Å². The van der Waals surface area contributed by atoms with Crippen molar-refractivity contribution in [2.75, 3.05) is 13.2 Å². The van der Waals surface area contributed by atoms with E-state index in [9.17, 15) is 9.59 Å². The fourth-order valence-electron chi connectivity index (χ4n) is 1.84. The summed E-state index contributed by atoms with van der Waals surface area (Å²) >= 11 is 3.31. The van der Waals surface area contributed by atoms with Crippen LogP contribution in [0.1, 0.15) is 11.1 Å². The Morgan fingerprint density at radius 3 is 2.54 bits per heavy atom. The van der Waals surface area contributed by atoms with Gasteiger partial charge in [-0.05, 0) is 30.7 Å². The molecule has 0 aromatic heterocycles. The Labute approximate surface area is 149 Å². The number of benzene rings is 2. The van der Waals surface area contributed by atoms with Crippen LogP contribution in [-0.4, -0.2) is 25.1 Å². The lowest BCUT2D eigenvalue weighted by molar-refractivity contribution is -0.150. The van der Waals surface area contributed by atoms with Gasteiger partial charge in [-0.2, -0.15) is 0 Å². The number of carbonyl (C=O) groups excluding carboxylic acids is 2. The molecule has 0 saturated heterocycles. The molecule has 2 aromatic rings.